The summed E-state index contributed by atoms with van der Waals surface area (Å²) in [7, 11) is -2.06. The molecule has 0 aliphatic rings. The van der Waals surface area contributed by atoms with Crippen molar-refractivity contribution >= 4 is 15.7 Å². The second-order valence-electron chi connectivity index (χ2n) is 4.10. The van der Waals surface area contributed by atoms with Gasteiger partial charge in [-0.05, 0) is 35.9 Å². The Morgan fingerprint density at radius 2 is 1.95 bits per heavy atom. The number of ether oxygens (including phenoxy) is 1. The van der Waals surface area contributed by atoms with Crippen LogP contribution < -0.4 is 15.2 Å². The van der Waals surface area contributed by atoms with Crippen molar-refractivity contribution in [1.29, 1.82) is 0 Å². The van der Waals surface area contributed by atoms with E-state index in [4.69, 9.17) is 10.5 Å². The molecule has 0 atom stereocenters. The van der Waals surface area contributed by atoms with Gasteiger partial charge in [-0.3, -0.25) is 0 Å². The molecule has 1 aromatic carbocycles. The zero-order chi connectivity index (χ0) is 14.6. The fraction of sp³-hybridized carbons (Fsp3) is 0.154. The second kappa shape index (κ2) is 5.89. The van der Waals surface area contributed by atoms with Crippen molar-refractivity contribution in [3.8, 4) is 5.88 Å². The number of methoxy groups -OCH3 is 1. The molecule has 6 nitrogen and oxygen atoms in total. The normalized spacial score (nSPS) is 11.2. The number of nitrogens with two attached hydrogens (primary N) is 1. The summed E-state index contributed by atoms with van der Waals surface area (Å²) in [5, 5.41) is 0. The van der Waals surface area contributed by atoms with Crippen LogP contribution in [0.4, 0.5) is 5.69 Å². The highest BCUT2D eigenvalue weighted by molar-refractivity contribution is 7.89. The van der Waals surface area contributed by atoms with Gasteiger partial charge in [0.2, 0.25) is 15.9 Å². The highest BCUT2D eigenvalue weighted by Crippen LogP contribution is 2.13. The van der Waals surface area contributed by atoms with E-state index in [1.807, 2.05) is 0 Å². The summed E-state index contributed by atoms with van der Waals surface area (Å²) in [6.45, 7) is 0.158. The van der Waals surface area contributed by atoms with Crippen molar-refractivity contribution in [3.63, 3.8) is 0 Å². The van der Waals surface area contributed by atoms with Gasteiger partial charge in [0.1, 0.15) is 0 Å². The molecule has 0 aliphatic carbocycles. The van der Waals surface area contributed by atoms with Crippen LogP contribution in [0.2, 0.25) is 0 Å². The number of pyridine rings is 1. The first-order chi connectivity index (χ1) is 9.51. The quantitative estimate of drug-likeness (QED) is 0.806. The Labute approximate surface area is 117 Å². The van der Waals surface area contributed by atoms with Crippen LogP contribution in [0.5, 0.6) is 5.88 Å². The largest absolute Gasteiger partial charge is 0.481 e. The van der Waals surface area contributed by atoms with Gasteiger partial charge in [-0.15, -0.1) is 0 Å². The van der Waals surface area contributed by atoms with Crippen molar-refractivity contribution in [2.45, 2.75) is 11.4 Å². The lowest BCUT2D eigenvalue weighted by Crippen LogP contribution is -2.23. The Morgan fingerprint density at radius 3 is 2.60 bits per heavy atom. The van der Waals surface area contributed by atoms with E-state index in [0.717, 1.165) is 5.56 Å². The monoisotopic (exact) mass is 293 g/mol. The van der Waals surface area contributed by atoms with Gasteiger partial charge in [0.25, 0.3) is 0 Å². The minimum Gasteiger partial charge on any atom is -0.481 e. The zero-order valence-electron chi connectivity index (χ0n) is 10.9. The number of benzene rings is 1. The van der Waals surface area contributed by atoms with E-state index in [2.05, 4.69) is 9.71 Å². The van der Waals surface area contributed by atoms with Gasteiger partial charge >= 0.3 is 0 Å². The van der Waals surface area contributed by atoms with E-state index in [1.54, 1.807) is 30.5 Å². The van der Waals surface area contributed by atoms with Crippen LogP contribution in [0.15, 0.2) is 47.5 Å². The maximum Gasteiger partial charge on any atom is 0.240 e. The predicted octanol–water partition coefficient (Wildman–Crippen LogP) is 1.15. The zero-order valence-corrected chi connectivity index (χ0v) is 11.7. The minimum atomic E-state index is -3.56. The van der Waals surface area contributed by atoms with Gasteiger partial charge in [-0.2, -0.15) is 0 Å². The molecule has 1 heterocycles. The van der Waals surface area contributed by atoms with Crippen LogP contribution in [0, 0.1) is 0 Å². The molecule has 20 heavy (non-hydrogen) atoms. The summed E-state index contributed by atoms with van der Waals surface area (Å²) < 4.78 is 31.6. The third kappa shape index (κ3) is 3.46. The standard InChI is InChI=1S/C13H15N3O3S/c1-19-13-8-10(6-7-15-13)9-16-20(17,18)12-4-2-11(14)3-5-12/h2-8,16H,9,14H2,1H3. The average Bonchev–Trinajstić information content (AvgIpc) is 2.46. The Balaban J connectivity index is 2.10. The summed E-state index contributed by atoms with van der Waals surface area (Å²) in [6.07, 6.45) is 1.56. The topological polar surface area (TPSA) is 94.3 Å². The molecule has 0 aliphatic heterocycles. The second-order valence-corrected chi connectivity index (χ2v) is 5.87. The summed E-state index contributed by atoms with van der Waals surface area (Å²) >= 11 is 0. The lowest BCUT2D eigenvalue weighted by Gasteiger charge is -2.08. The Morgan fingerprint density at radius 1 is 1.25 bits per heavy atom. The smallest absolute Gasteiger partial charge is 0.240 e. The van der Waals surface area contributed by atoms with Gasteiger partial charge < -0.3 is 10.5 Å². The molecular formula is C13H15N3O3S. The van der Waals surface area contributed by atoms with Gasteiger partial charge in [0, 0.05) is 24.5 Å². The van der Waals surface area contributed by atoms with E-state index in [9.17, 15) is 8.42 Å². The van der Waals surface area contributed by atoms with Crippen LogP contribution in [-0.4, -0.2) is 20.5 Å². The highest BCUT2D eigenvalue weighted by Gasteiger charge is 2.13. The number of hydrogen-bond donors (Lipinski definition) is 2. The van der Waals surface area contributed by atoms with Gasteiger partial charge in [-0.25, -0.2) is 18.1 Å². The van der Waals surface area contributed by atoms with Crippen molar-refractivity contribution in [1.82, 2.24) is 9.71 Å². The van der Waals surface area contributed by atoms with E-state index in [1.165, 1.54) is 19.2 Å². The van der Waals surface area contributed by atoms with E-state index < -0.39 is 10.0 Å². The maximum absolute atomic E-state index is 12.1. The SMILES string of the molecule is COc1cc(CNS(=O)(=O)c2ccc(N)cc2)ccn1. The van der Waals surface area contributed by atoms with Gasteiger partial charge in [0.05, 0.1) is 12.0 Å². The molecule has 0 bridgehead atoms. The lowest BCUT2D eigenvalue weighted by molar-refractivity contribution is 0.397. The molecule has 1 aromatic heterocycles. The summed E-state index contributed by atoms with van der Waals surface area (Å²) in [5.74, 6) is 0.439. The highest BCUT2D eigenvalue weighted by atomic mass is 32.2. The van der Waals surface area contributed by atoms with Crippen molar-refractivity contribution in [2.75, 3.05) is 12.8 Å². The lowest BCUT2D eigenvalue weighted by atomic mass is 10.3. The number of rotatable bonds is 5. The van der Waals surface area contributed by atoms with E-state index in [-0.39, 0.29) is 11.4 Å². The Hall–Kier alpha value is -2.12. The third-order valence-corrected chi connectivity index (χ3v) is 4.08. The molecule has 0 fully saturated rings. The fourth-order valence-corrected chi connectivity index (χ4v) is 2.60. The molecule has 0 unspecified atom stereocenters. The number of anilines is 1. The molecular weight excluding hydrogens is 278 g/mol. The Bertz CT molecular complexity index is 684. The summed E-state index contributed by atoms with van der Waals surface area (Å²) in [5.41, 5.74) is 6.81. The van der Waals surface area contributed by atoms with Crippen LogP contribution in [0.1, 0.15) is 5.56 Å². The fourth-order valence-electron chi connectivity index (χ4n) is 1.58. The molecule has 106 valence electrons. The minimum absolute atomic E-state index is 0.158. The first-order valence-electron chi connectivity index (χ1n) is 5.85. The third-order valence-electron chi connectivity index (χ3n) is 2.67. The van der Waals surface area contributed by atoms with Crippen LogP contribution in [0.25, 0.3) is 0 Å². The predicted molar refractivity (Wildman–Crippen MR) is 75.7 cm³/mol. The number of aromatic nitrogens is 1. The first kappa shape index (κ1) is 14.3. The van der Waals surface area contributed by atoms with Crippen LogP contribution >= 0.6 is 0 Å². The molecule has 2 rings (SSSR count). The molecule has 7 heteroatoms. The van der Waals surface area contributed by atoms with Crippen molar-refractivity contribution < 1.29 is 13.2 Å². The van der Waals surface area contributed by atoms with Crippen LogP contribution in [-0.2, 0) is 16.6 Å². The molecule has 0 amide bonds. The van der Waals surface area contributed by atoms with Crippen molar-refractivity contribution in [3.05, 3.63) is 48.2 Å². The van der Waals surface area contributed by atoms with Gasteiger partial charge in [0.15, 0.2) is 0 Å². The summed E-state index contributed by atoms with van der Waals surface area (Å²) in [6, 6.07) is 9.41. The van der Waals surface area contributed by atoms with Crippen molar-refractivity contribution in [2.24, 2.45) is 0 Å². The molecule has 2 aromatic rings. The van der Waals surface area contributed by atoms with E-state index >= 15 is 0 Å². The number of hydrogen-bond acceptors (Lipinski definition) is 5. The molecule has 0 saturated heterocycles. The molecule has 0 radical (unpaired) electrons. The number of nitrogens with zero attached hydrogens (tertiary/aromatic N) is 1. The number of sulfonamides is 1. The van der Waals surface area contributed by atoms with Crippen LogP contribution in [0.3, 0.4) is 0 Å². The van der Waals surface area contributed by atoms with Gasteiger partial charge in [-0.1, -0.05) is 0 Å². The molecule has 3 N–H and O–H groups in total. The number of nitrogen functional groups attached to an aromatic ring is 1. The maximum atomic E-state index is 12.1. The van der Waals surface area contributed by atoms with E-state index in [0.29, 0.717) is 11.6 Å². The summed E-state index contributed by atoms with van der Waals surface area (Å²) in [4.78, 5) is 4.13. The molecule has 0 saturated carbocycles. The Kier molecular flexibility index (Phi) is 4.21. The average molecular weight is 293 g/mol. The molecule has 0 spiro atoms. The first-order valence-corrected chi connectivity index (χ1v) is 7.34. The number of nitrogens with one attached hydrogen (secondary N) is 1.